The zero-order valence-corrected chi connectivity index (χ0v) is 12.4. The van der Waals surface area contributed by atoms with E-state index in [9.17, 15) is 0 Å². The largest absolute Gasteiger partial charge is 0.384 e. The zero-order valence-electron chi connectivity index (χ0n) is 10.0. The highest BCUT2D eigenvalue weighted by molar-refractivity contribution is 9.10. The van der Waals surface area contributed by atoms with Gasteiger partial charge in [-0.1, -0.05) is 27.5 Å². The van der Waals surface area contributed by atoms with Gasteiger partial charge in [0.05, 0.1) is 10.7 Å². The van der Waals surface area contributed by atoms with Gasteiger partial charge < -0.3 is 10.2 Å². The number of benzene rings is 1. The minimum Gasteiger partial charge on any atom is -0.384 e. The molecule has 2 rings (SSSR count). The van der Waals surface area contributed by atoms with Gasteiger partial charge in [-0.15, -0.1) is 0 Å². The van der Waals surface area contributed by atoms with E-state index >= 15 is 0 Å². The monoisotopic (exact) mass is 316 g/mol. The van der Waals surface area contributed by atoms with Gasteiger partial charge >= 0.3 is 0 Å². The molecule has 0 aromatic heterocycles. The molecule has 1 aromatic rings. The molecule has 0 saturated carbocycles. The molecule has 17 heavy (non-hydrogen) atoms. The van der Waals surface area contributed by atoms with Gasteiger partial charge in [-0.2, -0.15) is 0 Å². The van der Waals surface area contributed by atoms with E-state index in [0.717, 1.165) is 27.6 Å². The molecular formula is C13H18BrClN2. The molecule has 1 aliphatic heterocycles. The van der Waals surface area contributed by atoms with E-state index in [1.54, 1.807) is 0 Å². The molecule has 1 heterocycles. The Bertz CT molecular complexity index is 384. The van der Waals surface area contributed by atoms with Crippen LogP contribution in [0.15, 0.2) is 22.7 Å². The third kappa shape index (κ3) is 3.87. The molecule has 0 radical (unpaired) electrons. The highest BCUT2D eigenvalue weighted by Crippen LogP contribution is 2.26. The lowest BCUT2D eigenvalue weighted by atomic mass is 9.98. The Balaban J connectivity index is 1.88. The van der Waals surface area contributed by atoms with Crippen LogP contribution in [0.5, 0.6) is 0 Å². The van der Waals surface area contributed by atoms with Crippen LogP contribution in [-0.4, -0.2) is 31.6 Å². The number of halogens is 2. The summed E-state index contributed by atoms with van der Waals surface area (Å²) < 4.78 is 1.02. The van der Waals surface area contributed by atoms with Gasteiger partial charge in [0.25, 0.3) is 0 Å². The van der Waals surface area contributed by atoms with Crippen molar-refractivity contribution in [2.75, 3.05) is 32.0 Å². The number of nitrogens with one attached hydrogen (secondary N) is 1. The van der Waals surface area contributed by atoms with Crippen molar-refractivity contribution in [1.82, 2.24) is 4.90 Å². The molecule has 1 unspecified atom stereocenters. The summed E-state index contributed by atoms with van der Waals surface area (Å²) in [5.41, 5.74) is 1.03. The fraction of sp³-hybridized carbons (Fsp3) is 0.538. The zero-order chi connectivity index (χ0) is 12.3. The molecule has 0 aliphatic carbocycles. The van der Waals surface area contributed by atoms with Crippen LogP contribution in [0.25, 0.3) is 0 Å². The first kappa shape index (κ1) is 13.2. The summed E-state index contributed by atoms with van der Waals surface area (Å²) in [4.78, 5) is 2.40. The van der Waals surface area contributed by atoms with Crippen molar-refractivity contribution >= 4 is 33.2 Å². The molecule has 0 amide bonds. The van der Waals surface area contributed by atoms with Gasteiger partial charge in [-0.3, -0.25) is 0 Å². The fourth-order valence-corrected chi connectivity index (χ4v) is 3.07. The third-order valence-electron chi connectivity index (χ3n) is 3.23. The number of hydrogen-bond acceptors (Lipinski definition) is 2. The number of nitrogens with zero attached hydrogens (tertiary/aromatic N) is 1. The SMILES string of the molecule is CN1CCCC(CNc2ccc(Br)cc2Cl)C1. The van der Waals surface area contributed by atoms with E-state index in [2.05, 4.69) is 33.2 Å². The van der Waals surface area contributed by atoms with E-state index in [1.165, 1.54) is 25.9 Å². The number of rotatable bonds is 3. The minimum atomic E-state index is 0.730. The van der Waals surface area contributed by atoms with Gasteiger partial charge in [-0.25, -0.2) is 0 Å². The first-order valence-corrected chi connectivity index (χ1v) is 7.19. The lowest BCUT2D eigenvalue weighted by molar-refractivity contribution is 0.217. The Labute approximate surface area is 116 Å². The van der Waals surface area contributed by atoms with E-state index in [4.69, 9.17) is 11.6 Å². The average molecular weight is 318 g/mol. The summed E-state index contributed by atoms with van der Waals surface area (Å²) in [6.45, 7) is 3.42. The van der Waals surface area contributed by atoms with Crippen LogP contribution in [0.1, 0.15) is 12.8 Å². The van der Waals surface area contributed by atoms with Gasteiger partial charge in [0.1, 0.15) is 0 Å². The topological polar surface area (TPSA) is 15.3 Å². The maximum absolute atomic E-state index is 6.17. The van der Waals surface area contributed by atoms with Crippen LogP contribution in [0, 0.1) is 5.92 Å². The second kappa shape index (κ2) is 6.07. The quantitative estimate of drug-likeness (QED) is 0.911. The highest BCUT2D eigenvalue weighted by atomic mass is 79.9. The normalized spacial score (nSPS) is 21.5. The van der Waals surface area contributed by atoms with Crippen molar-refractivity contribution in [3.05, 3.63) is 27.7 Å². The Hall–Kier alpha value is -0.250. The van der Waals surface area contributed by atoms with Crippen molar-refractivity contribution in [3.8, 4) is 0 Å². The van der Waals surface area contributed by atoms with Crippen LogP contribution >= 0.6 is 27.5 Å². The molecule has 2 nitrogen and oxygen atoms in total. The van der Waals surface area contributed by atoms with Crippen LogP contribution in [-0.2, 0) is 0 Å². The number of piperidine rings is 1. The lowest BCUT2D eigenvalue weighted by Crippen LogP contribution is -2.35. The third-order valence-corrected chi connectivity index (χ3v) is 4.04. The number of likely N-dealkylation sites (tertiary alicyclic amines) is 1. The van der Waals surface area contributed by atoms with Crippen LogP contribution in [0.2, 0.25) is 5.02 Å². The van der Waals surface area contributed by atoms with Crippen molar-refractivity contribution in [1.29, 1.82) is 0 Å². The molecule has 4 heteroatoms. The maximum atomic E-state index is 6.17. The maximum Gasteiger partial charge on any atom is 0.0648 e. The van der Waals surface area contributed by atoms with Crippen molar-refractivity contribution in [3.63, 3.8) is 0 Å². The Morgan fingerprint density at radius 3 is 3.06 bits per heavy atom. The van der Waals surface area contributed by atoms with E-state index in [-0.39, 0.29) is 0 Å². The summed E-state index contributed by atoms with van der Waals surface area (Å²) in [6, 6.07) is 5.97. The Kier molecular flexibility index (Phi) is 4.71. The van der Waals surface area contributed by atoms with E-state index in [0.29, 0.717) is 0 Å². The van der Waals surface area contributed by atoms with Gasteiger partial charge in [-0.05, 0) is 50.6 Å². The summed E-state index contributed by atoms with van der Waals surface area (Å²) >= 11 is 9.59. The predicted molar refractivity (Wildman–Crippen MR) is 77.9 cm³/mol. The van der Waals surface area contributed by atoms with E-state index < -0.39 is 0 Å². The second-order valence-corrected chi connectivity index (χ2v) is 6.10. The van der Waals surface area contributed by atoms with Crippen LogP contribution in [0.4, 0.5) is 5.69 Å². The fourth-order valence-electron chi connectivity index (χ4n) is 2.33. The Morgan fingerprint density at radius 1 is 1.53 bits per heavy atom. The molecule has 1 N–H and O–H groups in total. The molecule has 0 bridgehead atoms. The standard InChI is InChI=1S/C13H18BrClN2/c1-17-6-2-3-10(9-17)8-16-13-5-4-11(14)7-12(13)15/h4-5,7,10,16H,2-3,6,8-9H2,1H3. The van der Waals surface area contributed by atoms with Crippen LogP contribution in [0.3, 0.4) is 0 Å². The first-order valence-electron chi connectivity index (χ1n) is 6.02. The average Bonchev–Trinajstić information content (AvgIpc) is 2.28. The van der Waals surface area contributed by atoms with Crippen molar-refractivity contribution in [2.45, 2.75) is 12.8 Å². The van der Waals surface area contributed by atoms with Gasteiger partial charge in [0.15, 0.2) is 0 Å². The molecule has 1 atom stereocenters. The second-order valence-electron chi connectivity index (χ2n) is 4.78. The summed E-state index contributed by atoms with van der Waals surface area (Å²) in [5, 5.41) is 4.23. The number of anilines is 1. The van der Waals surface area contributed by atoms with Crippen molar-refractivity contribution < 1.29 is 0 Å². The minimum absolute atomic E-state index is 0.730. The van der Waals surface area contributed by atoms with Crippen LogP contribution < -0.4 is 5.32 Å². The molecule has 0 spiro atoms. The Morgan fingerprint density at radius 2 is 2.35 bits per heavy atom. The molecular weight excluding hydrogens is 300 g/mol. The highest BCUT2D eigenvalue weighted by Gasteiger charge is 2.16. The smallest absolute Gasteiger partial charge is 0.0648 e. The molecule has 94 valence electrons. The molecule has 1 aromatic carbocycles. The summed E-state index contributed by atoms with van der Waals surface area (Å²) in [7, 11) is 2.19. The number of hydrogen-bond donors (Lipinski definition) is 1. The molecule has 1 aliphatic rings. The molecule has 1 saturated heterocycles. The first-order chi connectivity index (χ1) is 8.15. The van der Waals surface area contributed by atoms with Gasteiger partial charge in [0, 0.05) is 17.6 Å². The van der Waals surface area contributed by atoms with Crippen molar-refractivity contribution in [2.24, 2.45) is 5.92 Å². The summed E-state index contributed by atoms with van der Waals surface area (Å²) in [5.74, 6) is 0.730. The lowest BCUT2D eigenvalue weighted by Gasteiger charge is -2.30. The molecule has 1 fully saturated rings. The predicted octanol–water partition coefficient (Wildman–Crippen LogP) is 3.86. The summed E-state index contributed by atoms with van der Waals surface area (Å²) in [6.07, 6.45) is 2.61. The van der Waals surface area contributed by atoms with E-state index in [1.807, 2.05) is 18.2 Å². The van der Waals surface area contributed by atoms with Gasteiger partial charge in [0.2, 0.25) is 0 Å².